The van der Waals surface area contributed by atoms with Crippen molar-refractivity contribution in [3.63, 3.8) is 0 Å². The minimum Gasteiger partial charge on any atom is -0.507 e. The van der Waals surface area contributed by atoms with Crippen LogP contribution in [-0.4, -0.2) is 57.5 Å². The number of hydrogen-bond donors (Lipinski definition) is 3. The topological polar surface area (TPSA) is 140 Å². The van der Waals surface area contributed by atoms with E-state index >= 15 is 0 Å². The first-order valence-electron chi connectivity index (χ1n) is 12.8. The summed E-state index contributed by atoms with van der Waals surface area (Å²) >= 11 is 0. The Balaban J connectivity index is 1.51. The summed E-state index contributed by atoms with van der Waals surface area (Å²) in [5.74, 6) is -2.77. The van der Waals surface area contributed by atoms with Gasteiger partial charge in [0.05, 0.1) is 23.7 Å². The van der Waals surface area contributed by atoms with Crippen molar-refractivity contribution >= 4 is 23.1 Å². The highest BCUT2D eigenvalue weighted by atomic mass is 16.7. The second kappa shape index (κ2) is 8.76. The molecule has 2 unspecified atom stereocenters. The van der Waals surface area contributed by atoms with Crippen molar-refractivity contribution in [1.82, 2.24) is 0 Å². The van der Waals surface area contributed by atoms with E-state index in [-0.39, 0.29) is 45.8 Å². The van der Waals surface area contributed by atoms with Crippen LogP contribution in [0.5, 0.6) is 11.5 Å². The van der Waals surface area contributed by atoms with Crippen LogP contribution in [0.2, 0.25) is 0 Å². The van der Waals surface area contributed by atoms with Gasteiger partial charge in [0.15, 0.2) is 11.6 Å². The first-order chi connectivity index (χ1) is 18.1. The molecule has 2 heterocycles. The minimum absolute atomic E-state index is 0.0309. The van der Waals surface area contributed by atoms with E-state index in [1.165, 1.54) is 12.1 Å². The van der Waals surface area contributed by atoms with Gasteiger partial charge >= 0.3 is 5.97 Å². The van der Waals surface area contributed by atoms with Gasteiger partial charge in [0.1, 0.15) is 23.7 Å². The molecule has 0 amide bonds. The van der Waals surface area contributed by atoms with Gasteiger partial charge in [0.25, 0.3) is 0 Å². The van der Waals surface area contributed by atoms with Gasteiger partial charge in [-0.05, 0) is 38.0 Å². The number of hydrogen-bond acceptors (Lipinski definition) is 9. The highest BCUT2D eigenvalue weighted by Crippen LogP contribution is 2.57. The Morgan fingerprint density at radius 2 is 1.84 bits per heavy atom. The Labute approximate surface area is 218 Å². The fourth-order valence-corrected chi connectivity index (χ4v) is 6.33. The van der Waals surface area contributed by atoms with E-state index in [1.54, 1.807) is 32.0 Å². The second-order valence-electron chi connectivity index (χ2n) is 10.5. The zero-order chi connectivity index (χ0) is 27.0. The lowest BCUT2D eigenvalue weighted by atomic mass is 9.65. The number of aliphatic hydroxyl groups is 2. The monoisotopic (exact) mass is 520 g/mol. The molecule has 0 radical (unpaired) electrons. The molecule has 6 rings (SSSR count). The molecule has 2 aliphatic heterocycles. The molecule has 7 atom stereocenters. The van der Waals surface area contributed by atoms with E-state index in [1.807, 2.05) is 6.92 Å². The standard InChI is InChI=1S/C29H28O9/c1-4-13-22-24-23(20-15(28(22)38-29(13)35)8-11(2)9-16(20)30)26(33)14-6-5-7-18(21(14)27(24)34)37-19-10-17(31)25(32)12(3)36-19/h5-9,12-13,17,19,22,25,28,30-32H,4,10H2,1-3H3/t12-,13+,17+,19?,22?,25-,28+/m0/s1. The molecule has 38 heavy (non-hydrogen) atoms. The van der Waals surface area contributed by atoms with Crippen LogP contribution in [0.3, 0.4) is 0 Å². The van der Waals surface area contributed by atoms with Gasteiger partial charge in [-0.25, -0.2) is 0 Å². The number of aryl methyl sites for hydroxylation is 1. The quantitative estimate of drug-likeness (QED) is 0.521. The molecular weight excluding hydrogens is 492 g/mol. The lowest BCUT2D eigenvalue weighted by molar-refractivity contribution is -0.216. The number of phenols is 1. The normalized spacial score (nSPS) is 31.8. The highest BCUT2D eigenvalue weighted by molar-refractivity contribution is 6.42. The van der Waals surface area contributed by atoms with Gasteiger partial charge in [-0.3, -0.25) is 14.4 Å². The number of aliphatic hydroxyl groups excluding tert-OH is 2. The summed E-state index contributed by atoms with van der Waals surface area (Å²) in [6, 6.07) is 7.96. The van der Waals surface area contributed by atoms with Gasteiger partial charge < -0.3 is 29.5 Å². The third-order valence-corrected chi connectivity index (χ3v) is 8.10. The van der Waals surface area contributed by atoms with E-state index < -0.39 is 60.1 Å². The van der Waals surface area contributed by atoms with Crippen molar-refractivity contribution in [1.29, 1.82) is 0 Å². The number of carbonyl (C=O) groups excluding carboxylic acids is 3. The van der Waals surface area contributed by atoms with Crippen LogP contribution >= 0.6 is 0 Å². The van der Waals surface area contributed by atoms with Crippen LogP contribution in [0.4, 0.5) is 0 Å². The molecule has 0 aromatic heterocycles. The predicted octanol–water partition coefficient (Wildman–Crippen LogP) is 3.02. The number of ether oxygens (including phenoxy) is 3. The van der Waals surface area contributed by atoms with E-state index in [2.05, 4.69) is 0 Å². The number of allylic oxidation sites excluding steroid dienone is 1. The molecule has 3 N–H and O–H groups in total. The average Bonchev–Trinajstić information content (AvgIpc) is 3.21. The summed E-state index contributed by atoms with van der Waals surface area (Å²) in [5.41, 5.74) is 1.85. The van der Waals surface area contributed by atoms with Crippen LogP contribution in [0.25, 0.3) is 5.57 Å². The Morgan fingerprint density at radius 3 is 2.55 bits per heavy atom. The van der Waals surface area contributed by atoms with Crippen LogP contribution < -0.4 is 4.74 Å². The van der Waals surface area contributed by atoms with Crippen molar-refractivity contribution in [2.24, 2.45) is 11.8 Å². The van der Waals surface area contributed by atoms with Crippen LogP contribution in [0, 0.1) is 18.8 Å². The highest BCUT2D eigenvalue weighted by Gasteiger charge is 2.55. The van der Waals surface area contributed by atoms with Crippen molar-refractivity contribution in [2.75, 3.05) is 0 Å². The SMILES string of the molecule is CC[C@H]1C(=O)O[C@@H]2c3cc(C)cc(O)c3C3=C(C(=O)c4c(OC5C[C@@H](O)[C@@H](O)[C@H](C)O5)cccc4C3=O)C21. The molecule has 9 nitrogen and oxygen atoms in total. The van der Waals surface area contributed by atoms with Crippen molar-refractivity contribution in [3.05, 3.63) is 63.7 Å². The van der Waals surface area contributed by atoms with E-state index in [9.17, 15) is 29.7 Å². The van der Waals surface area contributed by atoms with Gasteiger partial charge in [-0.15, -0.1) is 0 Å². The number of phenolic OH excluding ortho intramolecular Hbond substituents is 1. The first kappa shape index (κ1) is 24.8. The number of ketones is 2. The summed E-state index contributed by atoms with van der Waals surface area (Å²) < 4.78 is 17.4. The molecule has 0 spiro atoms. The molecule has 4 aliphatic rings. The average molecular weight is 521 g/mol. The largest absolute Gasteiger partial charge is 0.507 e. The van der Waals surface area contributed by atoms with E-state index in [0.717, 1.165) is 5.56 Å². The molecule has 2 aliphatic carbocycles. The Hall–Kier alpha value is -3.53. The third kappa shape index (κ3) is 3.46. The van der Waals surface area contributed by atoms with E-state index in [0.29, 0.717) is 12.0 Å². The fraction of sp³-hybridized carbons (Fsp3) is 0.414. The number of carbonyl (C=O) groups is 3. The summed E-state index contributed by atoms with van der Waals surface area (Å²) in [5, 5.41) is 31.2. The molecule has 0 bridgehead atoms. The number of fused-ring (bicyclic) bond motifs is 6. The summed E-state index contributed by atoms with van der Waals surface area (Å²) in [7, 11) is 0. The van der Waals surface area contributed by atoms with Crippen LogP contribution in [-0.2, 0) is 14.3 Å². The molecular formula is C29H28O9. The van der Waals surface area contributed by atoms with Crippen LogP contribution in [0.15, 0.2) is 35.9 Å². The number of Topliss-reactive ketones (excluding diaryl/α,β-unsaturated/α-hetero) is 2. The number of aromatic hydroxyl groups is 1. The Bertz CT molecular complexity index is 1410. The van der Waals surface area contributed by atoms with Gasteiger partial charge in [-0.2, -0.15) is 0 Å². The number of rotatable bonds is 3. The molecule has 2 saturated heterocycles. The second-order valence-corrected chi connectivity index (χ2v) is 10.5. The van der Waals surface area contributed by atoms with E-state index in [4.69, 9.17) is 14.2 Å². The summed E-state index contributed by atoms with van der Waals surface area (Å²) in [6.07, 6.45) is -4.25. The maximum absolute atomic E-state index is 14.3. The number of benzene rings is 2. The van der Waals surface area contributed by atoms with Crippen molar-refractivity contribution in [2.45, 2.75) is 64.3 Å². The predicted molar refractivity (Wildman–Crippen MR) is 133 cm³/mol. The Kier molecular flexibility index (Phi) is 5.71. The molecule has 0 saturated carbocycles. The number of esters is 1. The Morgan fingerprint density at radius 1 is 1.08 bits per heavy atom. The molecule has 198 valence electrons. The van der Waals surface area contributed by atoms with Crippen LogP contribution in [0.1, 0.15) is 70.2 Å². The molecule has 9 heteroatoms. The van der Waals surface area contributed by atoms with Crippen molar-refractivity contribution < 1.29 is 43.9 Å². The minimum atomic E-state index is -1.08. The third-order valence-electron chi connectivity index (χ3n) is 8.10. The first-order valence-corrected chi connectivity index (χ1v) is 12.8. The summed E-state index contributed by atoms with van der Waals surface area (Å²) in [4.78, 5) is 41.2. The van der Waals surface area contributed by atoms with Gasteiger partial charge in [0, 0.05) is 40.2 Å². The molecule has 2 fully saturated rings. The maximum atomic E-state index is 14.3. The molecule has 2 aromatic rings. The summed E-state index contributed by atoms with van der Waals surface area (Å²) in [6.45, 7) is 5.23. The lowest BCUT2D eigenvalue weighted by Gasteiger charge is -2.37. The smallest absolute Gasteiger partial charge is 0.310 e. The van der Waals surface area contributed by atoms with Gasteiger partial charge in [0.2, 0.25) is 6.29 Å². The van der Waals surface area contributed by atoms with Gasteiger partial charge in [-0.1, -0.05) is 25.1 Å². The maximum Gasteiger partial charge on any atom is 0.310 e. The fourth-order valence-electron chi connectivity index (χ4n) is 6.33. The lowest BCUT2D eigenvalue weighted by Crippen LogP contribution is -2.48. The van der Waals surface area contributed by atoms with Crippen molar-refractivity contribution in [3.8, 4) is 11.5 Å². The zero-order valence-electron chi connectivity index (χ0n) is 21.1. The zero-order valence-corrected chi connectivity index (χ0v) is 21.1. The molecule has 2 aromatic carbocycles.